The summed E-state index contributed by atoms with van der Waals surface area (Å²) < 4.78 is 130. The minimum Gasteiger partial charge on any atom is -0.457 e. The Morgan fingerprint density at radius 2 is 0.912 bits per heavy atom. The molecule has 4 nitrogen and oxygen atoms in total. The highest BCUT2D eigenvalue weighted by Crippen LogP contribution is 2.46. The lowest BCUT2D eigenvalue weighted by Crippen LogP contribution is -2.11. The van der Waals surface area contributed by atoms with E-state index < -0.39 is 69.6 Å². The summed E-state index contributed by atoms with van der Waals surface area (Å²) in [5, 5.41) is 0. The lowest BCUT2D eigenvalue weighted by atomic mass is 10.1. The number of hydrogen-bond donors (Lipinski definition) is 2. The summed E-state index contributed by atoms with van der Waals surface area (Å²) in [7, 11) is 0. The molecule has 0 bridgehead atoms. The predicted molar refractivity (Wildman–Crippen MR) is 103 cm³/mol. The van der Waals surface area contributed by atoms with Gasteiger partial charge in [-0.05, 0) is 48.5 Å². The van der Waals surface area contributed by atoms with Crippen LogP contribution in [0, 0.1) is 0 Å². The van der Waals surface area contributed by atoms with E-state index in [0.29, 0.717) is 12.1 Å². The number of benzene rings is 3. The summed E-state index contributed by atoms with van der Waals surface area (Å²) in [6.45, 7) is 0. The smallest absolute Gasteiger partial charge is 0.423 e. The first kappa shape index (κ1) is 24.9. The summed E-state index contributed by atoms with van der Waals surface area (Å²) in [6.07, 6.45) is -15.0. The second kappa shape index (κ2) is 8.54. The Kier molecular flexibility index (Phi) is 6.24. The van der Waals surface area contributed by atoms with Crippen molar-refractivity contribution >= 4 is 11.4 Å². The molecule has 3 aromatic carbocycles. The van der Waals surface area contributed by atoms with E-state index >= 15 is 0 Å². The quantitative estimate of drug-likeness (QED) is 0.290. The number of halogens is 9. The fraction of sp³-hybridized carbons (Fsp3) is 0.143. The van der Waals surface area contributed by atoms with Crippen LogP contribution >= 0.6 is 0 Å². The SMILES string of the molecule is Nc1ccc(Oc2cccc(Oc3ccc(N)c(C(F)(F)F)c3)c2C(F)(F)F)cc1C(F)(F)F. The summed E-state index contributed by atoms with van der Waals surface area (Å²) in [5.41, 5.74) is 4.98. The van der Waals surface area contributed by atoms with Crippen LogP contribution in [-0.2, 0) is 18.5 Å². The Morgan fingerprint density at radius 3 is 1.24 bits per heavy atom. The average Bonchev–Trinajstić information content (AvgIpc) is 2.68. The summed E-state index contributed by atoms with van der Waals surface area (Å²) >= 11 is 0. The van der Waals surface area contributed by atoms with Gasteiger partial charge in [0, 0.05) is 11.4 Å². The maximum Gasteiger partial charge on any atom is 0.423 e. The third-order valence-corrected chi connectivity index (χ3v) is 4.39. The highest BCUT2D eigenvalue weighted by molar-refractivity contribution is 5.56. The van der Waals surface area contributed by atoms with E-state index in [0.717, 1.165) is 42.5 Å². The lowest BCUT2D eigenvalue weighted by molar-refractivity contribution is -0.140. The molecule has 182 valence electrons. The van der Waals surface area contributed by atoms with Crippen LogP contribution in [-0.4, -0.2) is 0 Å². The lowest BCUT2D eigenvalue weighted by Gasteiger charge is -2.19. The second-order valence-electron chi connectivity index (χ2n) is 6.82. The fourth-order valence-electron chi connectivity index (χ4n) is 2.90. The Labute approximate surface area is 185 Å². The van der Waals surface area contributed by atoms with Gasteiger partial charge >= 0.3 is 18.5 Å². The van der Waals surface area contributed by atoms with E-state index in [1.54, 1.807) is 0 Å². The molecule has 0 aromatic heterocycles. The molecule has 0 saturated carbocycles. The molecular formula is C21H13F9N2O2. The molecule has 0 aliphatic heterocycles. The molecule has 3 rings (SSSR count). The summed E-state index contributed by atoms with van der Waals surface area (Å²) in [6, 6.07) is 6.92. The number of nitrogen functional groups attached to an aromatic ring is 2. The van der Waals surface area contributed by atoms with Crippen molar-refractivity contribution in [2.24, 2.45) is 0 Å². The van der Waals surface area contributed by atoms with Gasteiger partial charge in [0.05, 0.1) is 11.1 Å². The monoisotopic (exact) mass is 496 g/mol. The van der Waals surface area contributed by atoms with Crippen LogP contribution in [0.4, 0.5) is 50.9 Å². The van der Waals surface area contributed by atoms with E-state index in [1.807, 2.05) is 0 Å². The molecule has 0 radical (unpaired) electrons. The van der Waals surface area contributed by atoms with Gasteiger partial charge in [0.15, 0.2) is 0 Å². The molecule has 3 aromatic rings. The van der Waals surface area contributed by atoms with Gasteiger partial charge in [-0.2, -0.15) is 39.5 Å². The highest BCUT2D eigenvalue weighted by Gasteiger charge is 2.40. The molecule has 0 atom stereocenters. The van der Waals surface area contributed by atoms with Crippen molar-refractivity contribution in [3.63, 3.8) is 0 Å². The third kappa shape index (κ3) is 5.41. The maximum absolute atomic E-state index is 13.8. The zero-order valence-electron chi connectivity index (χ0n) is 16.6. The van der Waals surface area contributed by atoms with E-state index in [2.05, 4.69) is 0 Å². The Bertz CT molecular complexity index is 1120. The van der Waals surface area contributed by atoms with Gasteiger partial charge in [-0.3, -0.25) is 0 Å². The Balaban J connectivity index is 2.05. The number of rotatable bonds is 4. The molecular weight excluding hydrogens is 483 g/mol. The van der Waals surface area contributed by atoms with E-state index in [4.69, 9.17) is 20.9 Å². The predicted octanol–water partition coefficient (Wildman–Crippen LogP) is 7.49. The van der Waals surface area contributed by atoms with Crippen LogP contribution in [0.5, 0.6) is 23.0 Å². The van der Waals surface area contributed by atoms with E-state index in [-0.39, 0.29) is 0 Å². The van der Waals surface area contributed by atoms with Crippen molar-refractivity contribution in [1.82, 2.24) is 0 Å². The molecule has 0 amide bonds. The minimum absolute atomic E-state index is 0.415. The Hall–Kier alpha value is -3.77. The Morgan fingerprint density at radius 1 is 0.529 bits per heavy atom. The summed E-state index contributed by atoms with van der Waals surface area (Å²) in [4.78, 5) is 0. The maximum atomic E-state index is 13.8. The van der Waals surface area contributed by atoms with E-state index in [1.165, 1.54) is 0 Å². The average molecular weight is 496 g/mol. The van der Waals surface area contributed by atoms with Gasteiger partial charge in [0.2, 0.25) is 0 Å². The molecule has 0 unspecified atom stereocenters. The number of alkyl halides is 9. The van der Waals surface area contributed by atoms with Gasteiger partial charge in [-0.15, -0.1) is 0 Å². The standard InChI is InChI=1S/C21H13F9N2O2/c22-19(23,24)12-8-10(4-6-14(12)31)33-16-2-1-3-17(18(16)21(28,29)30)34-11-5-7-15(32)13(9-11)20(25,26)27/h1-9H,31-32H2. The summed E-state index contributed by atoms with van der Waals surface area (Å²) in [5.74, 6) is -3.13. The van der Waals surface area contributed by atoms with Crippen molar-refractivity contribution in [2.75, 3.05) is 11.5 Å². The number of nitrogens with two attached hydrogens (primary N) is 2. The molecule has 0 aliphatic carbocycles. The number of anilines is 2. The fourth-order valence-corrected chi connectivity index (χ4v) is 2.90. The van der Waals surface area contributed by atoms with Crippen molar-refractivity contribution < 1.29 is 49.0 Å². The topological polar surface area (TPSA) is 70.5 Å². The molecule has 0 spiro atoms. The van der Waals surface area contributed by atoms with Gasteiger partial charge in [0.1, 0.15) is 28.6 Å². The molecule has 13 heteroatoms. The number of ether oxygens (including phenoxy) is 2. The van der Waals surface area contributed by atoms with Crippen molar-refractivity contribution in [3.05, 3.63) is 71.3 Å². The third-order valence-electron chi connectivity index (χ3n) is 4.39. The van der Waals surface area contributed by atoms with Gasteiger partial charge in [0.25, 0.3) is 0 Å². The van der Waals surface area contributed by atoms with Gasteiger partial charge in [-0.25, -0.2) is 0 Å². The first-order chi connectivity index (χ1) is 15.6. The van der Waals surface area contributed by atoms with E-state index in [9.17, 15) is 39.5 Å². The molecule has 0 fully saturated rings. The normalized spacial score (nSPS) is 12.5. The van der Waals surface area contributed by atoms with Crippen LogP contribution in [0.25, 0.3) is 0 Å². The molecule has 4 N–H and O–H groups in total. The molecule has 0 aliphatic rings. The number of hydrogen-bond acceptors (Lipinski definition) is 4. The zero-order valence-corrected chi connectivity index (χ0v) is 16.6. The largest absolute Gasteiger partial charge is 0.457 e. The van der Waals surface area contributed by atoms with Crippen LogP contribution in [0.2, 0.25) is 0 Å². The highest BCUT2D eigenvalue weighted by atomic mass is 19.4. The minimum atomic E-state index is -5.16. The van der Waals surface area contributed by atoms with Crippen LogP contribution in [0.3, 0.4) is 0 Å². The first-order valence-corrected chi connectivity index (χ1v) is 9.06. The van der Waals surface area contributed by atoms with Crippen molar-refractivity contribution in [1.29, 1.82) is 0 Å². The van der Waals surface area contributed by atoms with Crippen molar-refractivity contribution in [2.45, 2.75) is 18.5 Å². The van der Waals surface area contributed by atoms with Crippen LogP contribution < -0.4 is 20.9 Å². The van der Waals surface area contributed by atoms with Crippen LogP contribution in [0.15, 0.2) is 54.6 Å². The van der Waals surface area contributed by atoms with Crippen molar-refractivity contribution in [3.8, 4) is 23.0 Å². The molecule has 0 saturated heterocycles. The van der Waals surface area contributed by atoms with Crippen LogP contribution in [0.1, 0.15) is 16.7 Å². The first-order valence-electron chi connectivity index (χ1n) is 9.06. The molecule has 0 heterocycles. The van der Waals surface area contributed by atoms with Gasteiger partial charge in [-0.1, -0.05) is 6.07 Å². The molecule has 34 heavy (non-hydrogen) atoms. The second-order valence-corrected chi connectivity index (χ2v) is 6.82. The van der Waals surface area contributed by atoms with Gasteiger partial charge < -0.3 is 20.9 Å². The zero-order chi connectivity index (χ0) is 25.5.